The summed E-state index contributed by atoms with van der Waals surface area (Å²) in [5, 5.41) is 9.22. The molecule has 2 bridgehead atoms. The maximum absolute atomic E-state index is 14.7. The summed E-state index contributed by atoms with van der Waals surface area (Å²) in [4.78, 5) is 25.7. The van der Waals surface area contributed by atoms with Crippen molar-refractivity contribution in [3.63, 3.8) is 0 Å². The van der Waals surface area contributed by atoms with E-state index >= 15 is 0 Å². The van der Waals surface area contributed by atoms with E-state index in [0.29, 0.717) is 0 Å². The lowest BCUT2D eigenvalue weighted by molar-refractivity contribution is 0.0695. The number of nitrogens with zero attached hydrogens (tertiary/aromatic N) is 2. The molecule has 0 aliphatic carbocycles. The van der Waals surface area contributed by atoms with Gasteiger partial charge in [0.2, 0.25) is 0 Å². The van der Waals surface area contributed by atoms with Crippen LogP contribution in [0.1, 0.15) is 46.4 Å². The number of halogens is 1. The second kappa shape index (κ2) is 6.51. The molecule has 2 N–H and O–H groups in total. The molecule has 0 radical (unpaired) electrons. The Kier molecular flexibility index (Phi) is 4.65. The van der Waals surface area contributed by atoms with Crippen molar-refractivity contribution in [2.45, 2.75) is 37.8 Å². The van der Waals surface area contributed by atoms with E-state index in [1.807, 2.05) is 9.62 Å². The van der Waals surface area contributed by atoms with E-state index in [1.165, 1.54) is 20.2 Å². The second-order valence-corrected chi connectivity index (χ2v) is 8.63. The summed E-state index contributed by atoms with van der Waals surface area (Å²) in [5.74, 6) is -3.49. The van der Waals surface area contributed by atoms with Gasteiger partial charge in [0.1, 0.15) is 5.82 Å². The number of aromatic carboxylic acids is 1. The lowest BCUT2D eigenvalue weighted by atomic mass is 10.0. The molecule has 2 aliphatic heterocycles. The molecule has 0 aromatic heterocycles. The standard InChI is InChI=1S/C16H20FN3O5S/c1-19(2)26(24,25)18-15(21)14-12(17)7-9(16(22)23)8-13(14)20-10-3-4-11(20)6-5-10/h7-8,10-11H,3-6H2,1-2H3,(H,18,21)(H,22,23). The van der Waals surface area contributed by atoms with E-state index < -0.39 is 33.5 Å². The largest absolute Gasteiger partial charge is 0.478 e. The van der Waals surface area contributed by atoms with Crippen molar-refractivity contribution in [1.29, 1.82) is 0 Å². The van der Waals surface area contributed by atoms with Crippen molar-refractivity contribution in [3.05, 3.63) is 29.1 Å². The predicted molar refractivity (Wildman–Crippen MR) is 92.0 cm³/mol. The van der Waals surface area contributed by atoms with Gasteiger partial charge in [0.15, 0.2) is 0 Å². The molecule has 2 aliphatic rings. The minimum atomic E-state index is -4.11. The molecule has 0 spiro atoms. The fourth-order valence-corrected chi connectivity index (χ4v) is 4.23. The fraction of sp³-hybridized carbons (Fsp3) is 0.500. The SMILES string of the molecule is CN(C)S(=O)(=O)NC(=O)c1c(F)cc(C(=O)O)cc1N1C2CCC1CC2. The third kappa shape index (κ3) is 3.14. The number of carbonyl (C=O) groups excluding carboxylic acids is 1. The van der Waals surface area contributed by atoms with Gasteiger partial charge in [-0.1, -0.05) is 0 Å². The van der Waals surface area contributed by atoms with E-state index in [2.05, 4.69) is 0 Å². The van der Waals surface area contributed by atoms with Crippen molar-refractivity contribution < 1.29 is 27.5 Å². The fourth-order valence-electron chi connectivity index (χ4n) is 3.71. The molecule has 1 aromatic carbocycles. The number of benzene rings is 1. The Balaban J connectivity index is 2.09. The van der Waals surface area contributed by atoms with Gasteiger partial charge in [0.05, 0.1) is 16.8 Å². The molecule has 0 saturated carbocycles. The second-order valence-electron chi connectivity index (χ2n) is 6.75. The zero-order valence-electron chi connectivity index (χ0n) is 14.4. The molecule has 0 atom stereocenters. The van der Waals surface area contributed by atoms with Gasteiger partial charge in [-0.15, -0.1) is 0 Å². The van der Waals surface area contributed by atoms with Crippen molar-refractivity contribution in [1.82, 2.24) is 9.03 Å². The van der Waals surface area contributed by atoms with Crippen LogP contribution in [-0.4, -0.2) is 55.9 Å². The van der Waals surface area contributed by atoms with Crippen LogP contribution in [0, 0.1) is 5.82 Å². The highest BCUT2D eigenvalue weighted by Crippen LogP contribution is 2.43. The van der Waals surface area contributed by atoms with Crippen LogP contribution in [0.15, 0.2) is 12.1 Å². The number of carboxylic acids is 1. The zero-order valence-corrected chi connectivity index (χ0v) is 15.2. The number of amides is 1. The van der Waals surface area contributed by atoms with Crippen molar-refractivity contribution >= 4 is 27.8 Å². The molecule has 2 saturated heterocycles. The highest BCUT2D eigenvalue weighted by molar-refractivity contribution is 7.87. The number of carbonyl (C=O) groups is 2. The first-order valence-electron chi connectivity index (χ1n) is 8.21. The Labute approximate surface area is 150 Å². The van der Waals surface area contributed by atoms with Crippen molar-refractivity contribution in [2.24, 2.45) is 0 Å². The minimum absolute atomic E-state index is 0.0976. The number of anilines is 1. The quantitative estimate of drug-likeness (QED) is 0.789. The Hall–Kier alpha value is -2.20. The number of hydrogen-bond donors (Lipinski definition) is 2. The monoisotopic (exact) mass is 385 g/mol. The summed E-state index contributed by atoms with van der Waals surface area (Å²) in [6.45, 7) is 0. The van der Waals surface area contributed by atoms with Crippen LogP contribution in [-0.2, 0) is 10.2 Å². The Morgan fingerprint density at radius 3 is 2.19 bits per heavy atom. The molecular weight excluding hydrogens is 365 g/mol. The summed E-state index contributed by atoms with van der Waals surface area (Å²) in [7, 11) is -1.63. The number of fused-ring (bicyclic) bond motifs is 2. The number of rotatable bonds is 5. The highest BCUT2D eigenvalue weighted by Gasteiger charge is 2.42. The smallest absolute Gasteiger partial charge is 0.335 e. The first-order valence-corrected chi connectivity index (χ1v) is 9.65. The Morgan fingerprint density at radius 2 is 1.73 bits per heavy atom. The average molecular weight is 385 g/mol. The van der Waals surface area contributed by atoms with Gasteiger partial charge in [-0.2, -0.15) is 12.7 Å². The van der Waals surface area contributed by atoms with Crippen LogP contribution in [0.2, 0.25) is 0 Å². The van der Waals surface area contributed by atoms with E-state index in [1.54, 1.807) is 0 Å². The molecule has 2 fully saturated rings. The first kappa shape index (κ1) is 18.6. The average Bonchev–Trinajstić information content (AvgIpc) is 3.13. The molecule has 8 nitrogen and oxygen atoms in total. The summed E-state index contributed by atoms with van der Waals surface area (Å²) in [6, 6.07) is 2.18. The summed E-state index contributed by atoms with van der Waals surface area (Å²) in [5.41, 5.74) is -0.589. The van der Waals surface area contributed by atoms with Crippen LogP contribution in [0.25, 0.3) is 0 Å². The van der Waals surface area contributed by atoms with Gasteiger partial charge in [-0.25, -0.2) is 13.9 Å². The normalized spacial score (nSPS) is 22.1. The van der Waals surface area contributed by atoms with Crippen molar-refractivity contribution in [3.8, 4) is 0 Å². The van der Waals surface area contributed by atoms with Crippen LogP contribution >= 0.6 is 0 Å². The summed E-state index contributed by atoms with van der Waals surface area (Å²) >= 11 is 0. The van der Waals surface area contributed by atoms with E-state index in [4.69, 9.17) is 0 Å². The maximum Gasteiger partial charge on any atom is 0.335 e. The van der Waals surface area contributed by atoms with Crippen LogP contribution in [0.3, 0.4) is 0 Å². The molecular formula is C16H20FN3O5S. The zero-order chi connectivity index (χ0) is 19.2. The molecule has 3 rings (SSSR count). The third-order valence-electron chi connectivity index (χ3n) is 4.98. The van der Waals surface area contributed by atoms with E-state index in [0.717, 1.165) is 36.1 Å². The minimum Gasteiger partial charge on any atom is -0.478 e. The molecule has 1 amide bonds. The summed E-state index contributed by atoms with van der Waals surface area (Å²) in [6.07, 6.45) is 3.50. The van der Waals surface area contributed by atoms with E-state index in [-0.39, 0.29) is 23.3 Å². The van der Waals surface area contributed by atoms with Gasteiger partial charge in [0, 0.05) is 26.2 Å². The molecule has 10 heteroatoms. The van der Waals surface area contributed by atoms with Crippen LogP contribution < -0.4 is 9.62 Å². The van der Waals surface area contributed by atoms with Gasteiger partial charge < -0.3 is 10.0 Å². The topological polar surface area (TPSA) is 107 Å². The summed E-state index contributed by atoms with van der Waals surface area (Å²) < 4.78 is 41.2. The van der Waals surface area contributed by atoms with E-state index in [9.17, 15) is 27.5 Å². The number of carboxylic acid groups (broad SMARTS) is 1. The Morgan fingerprint density at radius 1 is 1.19 bits per heavy atom. The lowest BCUT2D eigenvalue weighted by Crippen LogP contribution is -2.41. The first-order chi connectivity index (χ1) is 12.1. The molecule has 142 valence electrons. The molecule has 2 heterocycles. The van der Waals surface area contributed by atoms with Crippen LogP contribution in [0.5, 0.6) is 0 Å². The van der Waals surface area contributed by atoms with Crippen LogP contribution in [0.4, 0.5) is 10.1 Å². The Bertz CT molecular complexity index is 851. The molecule has 26 heavy (non-hydrogen) atoms. The van der Waals surface area contributed by atoms with Crippen molar-refractivity contribution in [2.75, 3.05) is 19.0 Å². The molecule has 0 unspecified atom stereocenters. The third-order valence-corrected chi connectivity index (χ3v) is 6.38. The van der Waals surface area contributed by atoms with Gasteiger partial charge >= 0.3 is 16.2 Å². The van der Waals surface area contributed by atoms with Gasteiger partial charge in [-0.3, -0.25) is 4.79 Å². The maximum atomic E-state index is 14.7. The van der Waals surface area contributed by atoms with Gasteiger partial charge in [0.25, 0.3) is 5.91 Å². The van der Waals surface area contributed by atoms with Gasteiger partial charge in [-0.05, 0) is 37.8 Å². The number of nitrogens with one attached hydrogen (secondary N) is 1. The number of hydrogen-bond acceptors (Lipinski definition) is 5. The molecule has 1 aromatic rings. The predicted octanol–water partition coefficient (Wildman–Crippen LogP) is 1.19. The highest BCUT2D eigenvalue weighted by atomic mass is 32.2. The lowest BCUT2D eigenvalue weighted by Gasteiger charge is -2.27.